The number of amides is 1. The van der Waals surface area contributed by atoms with E-state index < -0.39 is 4.87 Å². The summed E-state index contributed by atoms with van der Waals surface area (Å²) in [4.78, 5) is 17.8. The van der Waals surface area contributed by atoms with Gasteiger partial charge in [0.15, 0.2) is 10.8 Å². The van der Waals surface area contributed by atoms with Gasteiger partial charge in [0.05, 0.1) is 6.61 Å². The van der Waals surface area contributed by atoms with E-state index in [-0.39, 0.29) is 17.1 Å². The lowest BCUT2D eigenvalue weighted by atomic mass is 10.1. The van der Waals surface area contributed by atoms with E-state index in [0.717, 1.165) is 51.7 Å². The fraction of sp³-hybridized carbons (Fsp3) is 0.882. The van der Waals surface area contributed by atoms with E-state index in [1.54, 1.807) is 7.11 Å². The van der Waals surface area contributed by atoms with E-state index in [1.165, 1.54) is 11.8 Å². The number of carbonyl (C=O) groups excluding carboxylic acids is 1. The van der Waals surface area contributed by atoms with E-state index in [2.05, 4.69) is 15.2 Å². The Morgan fingerprint density at radius 3 is 2.63 bits per heavy atom. The first kappa shape index (κ1) is 24.0. The SMILES string of the molecule is COCCN(CCCN)CCCNC(=O)[C@@]1(N)SC1CCCCN=C(N)N. The summed E-state index contributed by atoms with van der Waals surface area (Å²) in [5.74, 6) is 0.0549. The third-order valence-corrected chi connectivity index (χ3v) is 6.01. The molecule has 0 aromatic heterocycles. The van der Waals surface area contributed by atoms with Crippen molar-refractivity contribution in [3.05, 3.63) is 0 Å². The molecular formula is C17H37N7O2S. The molecule has 1 saturated heterocycles. The number of nitrogens with zero attached hydrogens (tertiary/aromatic N) is 2. The van der Waals surface area contributed by atoms with Crippen molar-refractivity contribution in [2.24, 2.45) is 27.9 Å². The predicted molar refractivity (Wildman–Crippen MR) is 112 cm³/mol. The average Bonchev–Trinajstić information content (AvgIpc) is 3.31. The number of ether oxygens (including phenoxy) is 1. The van der Waals surface area contributed by atoms with Crippen LogP contribution >= 0.6 is 11.8 Å². The normalized spacial score (nSPS) is 21.3. The number of nitrogens with one attached hydrogen (secondary N) is 1. The maximum Gasteiger partial charge on any atom is 0.251 e. The molecule has 1 fully saturated rings. The topological polar surface area (TPSA) is 158 Å². The van der Waals surface area contributed by atoms with Crippen molar-refractivity contribution in [2.45, 2.75) is 42.2 Å². The molecule has 1 heterocycles. The molecule has 27 heavy (non-hydrogen) atoms. The molecule has 1 aliphatic heterocycles. The van der Waals surface area contributed by atoms with Gasteiger partial charge in [-0.2, -0.15) is 0 Å². The molecule has 9 nitrogen and oxygen atoms in total. The van der Waals surface area contributed by atoms with Crippen LogP contribution in [0.4, 0.5) is 0 Å². The van der Waals surface area contributed by atoms with Crippen LogP contribution in [0.3, 0.4) is 0 Å². The largest absolute Gasteiger partial charge is 0.383 e. The van der Waals surface area contributed by atoms with Crippen molar-refractivity contribution in [2.75, 3.05) is 53.0 Å². The number of methoxy groups -OCH3 is 1. The van der Waals surface area contributed by atoms with Gasteiger partial charge in [0, 0.05) is 32.0 Å². The summed E-state index contributed by atoms with van der Waals surface area (Å²) in [6.45, 7) is 5.36. The number of unbranched alkanes of at least 4 members (excludes halogenated alkanes) is 1. The zero-order chi connectivity index (χ0) is 20.1. The number of thioether (sulfide) groups is 1. The molecule has 158 valence electrons. The van der Waals surface area contributed by atoms with Crippen molar-refractivity contribution >= 4 is 23.6 Å². The molecule has 1 aliphatic rings. The molecule has 0 aromatic rings. The smallest absolute Gasteiger partial charge is 0.251 e. The van der Waals surface area contributed by atoms with Crippen LogP contribution in [-0.4, -0.2) is 79.9 Å². The Balaban J connectivity index is 2.17. The number of carbonyl (C=O) groups is 1. The number of hydrogen-bond acceptors (Lipinski definition) is 7. The molecule has 1 amide bonds. The minimum absolute atomic E-state index is 0.0628. The van der Waals surface area contributed by atoms with Crippen LogP contribution in [0.5, 0.6) is 0 Å². The van der Waals surface area contributed by atoms with Gasteiger partial charge in [0.25, 0.3) is 5.91 Å². The minimum Gasteiger partial charge on any atom is -0.383 e. The van der Waals surface area contributed by atoms with Crippen LogP contribution in [0.2, 0.25) is 0 Å². The fourth-order valence-electron chi connectivity index (χ4n) is 2.84. The highest BCUT2D eigenvalue weighted by molar-refractivity contribution is 8.09. The number of guanidine groups is 1. The van der Waals surface area contributed by atoms with E-state index >= 15 is 0 Å². The molecule has 0 aliphatic carbocycles. The lowest BCUT2D eigenvalue weighted by molar-refractivity contribution is -0.122. The lowest BCUT2D eigenvalue weighted by Gasteiger charge is -2.21. The molecule has 0 saturated carbocycles. The highest BCUT2D eigenvalue weighted by Crippen LogP contribution is 2.51. The van der Waals surface area contributed by atoms with Gasteiger partial charge in [-0.3, -0.25) is 9.79 Å². The van der Waals surface area contributed by atoms with E-state index in [9.17, 15) is 4.79 Å². The second kappa shape index (κ2) is 13.2. The Hall–Kier alpha value is -1.07. The Bertz CT molecular complexity index is 455. The Labute approximate surface area is 167 Å². The van der Waals surface area contributed by atoms with Gasteiger partial charge in [-0.05, 0) is 45.3 Å². The van der Waals surface area contributed by atoms with Gasteiger partial charge in [-0.15, -0.1) is 11.8 Å². The summed E-state index contributed by atoms with van der Waals surface area (Å²) in [6.07, 6.45) is 4.59. The summed E-state index contributed by atoms with van der Waals surface area (Å²) in [5.41, 5.74) is 22.4. The summed E-state index contributed by atoms with van der Waals surface area (Å²) in [7, 11) is 1.70. The molecule has 10 heteroatoms. The zero-order valence-electron chi connectivity index (χ0n) is 16.5. The van der Waals surface area contributed by atoms with E-state index in [0.29, 0.717) is 26.2 Å². The van der Waals surface area contributed by atoms with E-state index in [4.69, 9.17) is 27.7 Å². The summed E-state index contributed by atoms with van der Waals surface area (Å²) in [6, 6.07) is 0. The quantitative estimate of drug-likeness (QED) is 0.0950. The second-order valence-corrected chi connectivity index (χ2v) is 8.27. The number of aliphatic imine (C=N–C) groups is 1. The first-order valence-electron chi connectivity index (χ1n) is 9.65. The first-order valence-corrected chi connectivity index (χ1v) is 10.5. The summed E-state index contributed by atoms with van der Waals surface area (Å²) >= 11 is 1.54. The molecule has 9 N–H and O–H groups in total. The van der Waals surface area contributed by atoms with Crippen molar-refractivity contribution in [3.8, 4) is 0 Å². The average molecular weight is 404 g/mol. The monoisotopic (exact) mass is 403 g/mol. The summed E-state index contributed by atoms with van der Waals surface area (Å²) in [5, 5.41) is 3.16. The summed E-state index contributed by atoms with van der Waals surface area (Å²) < 4.78 is 5.14. The third-order valence-electron chi connectivity index (χ3n) is 4.51. The van der Waals surface area contributed by atoms with Gasteiger partial charge in [-0.1, -0.05) is 6.42 Å². The Kier molecular flexibility index (Phi) is 11.7. The molecule has 0 radical (unpaired) electrons. The zero-order valence-corrected chi connectivity index (χ0v) is 17.3. The third kappa shape index (κ3) is 9.61. The standard InChI is InChI=1S/C17H37N7O2S/c1-26-13-12-24(10-4-7-18)11-5-9-22-15(25)17(21)14(27-17)6-2-3-8-23-16(19)20/h14H,2-13,18,21H2,1H3,(H,22,25)(H4,19,20,23)/t14?,17-/m0/s1. The highest BCUT2D eigenvalue weighted by atomic mass is 32.2. The van der Waals surface area contributed by atoms with Crippen molar-refractivity contribution < 1.29 is 9.53 Å². The van der Waals surface area contributed by atoms with Gasteiger partial charge >= 0.3 is 0 Å². The first-order chi connectivity index (χ1) is 12.9. The lowest BCUT2D eigenvalue weighted by Crippen LogP contribution is -2.45. The predicted octanol–water partition coefficient (Wildman–Crippen LogP) is -0.996. The number of rotatable bonds is 16. The van der Waals surface area contributed by atoms with Crippen LogP contribution in [0.25, 0.3) is 0 Å². The van der Waals surface area contributed by atoms with E-state index in [1.807, 2.05) is 0 Å². The maximum absolute atomic E-state index is 12.3. The van der Waals surface area contributed by atoms with Crippen molar-refractivity contribution in [1.29, 1.82) is 0 Å². The van der Waals surface area contributed by atoms with Gasteiger partial charge in [-0.25, -0.2) is 0 Å². The fourth-order valence-corrected chi connectivity index (χ4v) is 3.93. The van der Waals surface area contributed by atoms with Gasteiger partial charge in [0.1, 0.15) is 0 Å². The highest BCUT2D eigenvalue weighted by Gasteiger charge is 2.57. The molecule has 0 spiro atoms. The van der Waals surface area contributed by atoms with Crippen LogP contribution in [0.1, 0.15) is 32.1 Å². The molecule has 0 bridgehead atoms. The number of hydrogen-bond donors (Lipinski definition) is 5. The maximum atomic E-state index is 12.3. The molecular weight excluding hydrogens is 366 g/mol. The van der Waals surface area contributed by atoms with Crippen LogP contribution in [-0.2, 0) is 9.53 Å². The van der Waals surface area contributed by atoms with Crippen molar-refractivity contribution in [3.63, 3.8) is 0 Å². The molecule has 1 unspecified atom stereocenters. The minimum atomic E-state index is -0.772. The molecule has 0 aromatic carbocycles. The van der Waals surface area contributed by atoms with Crippen LogP contribution in [0, 0.1) is 0 Å². The Morgan fingerprint density at radius 2 is 1.96 bits per heavy atom. The van der Waals surface area contributed by atoms with Crippen molar-refractivity contribution in [1.82, 2.24) is 10.2 Å². The van der Waals surface area contributed by atoms with Gasteiger partial charge < -0.3 is 37.9 Å². The van der Waals surface area contributed by atoms with Gasteiger partial charge in [0.2, 0.25) is 0 Å². The molecule has 2 atom stereocenters. The number of nitrogens with two attached hydrogens (primary N) is 4. The van der Waals surface area contributed by atoms with Crippen LogP contribution < -0.4 is 28.3 Å². The van der Waals surface area contributed by atoms with Crippen LogP contribution in [0.15, 0.2) is 4.99 Å². The molecule has 1 rings (SSSR count). The Morgan fingerprint density at radius 1 is 1.22 bits per heavy atom. The second-order valence-electron chi connectivity index (χ2n) is 6.79.